The summed E-state index contributed by atoms with van der Waals surface area (Å²) in [6.07, 6.45) is 0.512. The van der Waals surface area contributed by atoms with Crippen LogP contribution in [0.4, 0.5) is 5.69 Å². The van der Waals surface area contributed by atoms with Gasteiger partial charge in [-0.15, -0.1) is 0 Å². The topological polar surface area (TPSA) is 35.9 Å². The third kappa shape index (κ3) is 3.57. The van der Waals surface area contributed by atoms with Gasteiger partial charge in [0, 0.05) is 44.8 Å². The number of hydrogen-bond donors (Lipinski definition) is 1. The number of nitrogens with zero attached hydrogens (tertiary/aromatic N) is 2. The first kappa shape index (κ1) is 17.4. The third-order valence-corrected chi connectivity index (χ3v) is 5.61. The molecule has 0 radical (unpaired) electrons. The fraction of sp³-hybridized carbons (Fsp3) is 0.455. The molecule has 138 valence electrons. The van der Waals surface area contributed by atoms with Crippen LogP contribution in [0.15, 0.2) is 36.4 Å². The van der Waals surface area contributed by atoms with Crippen molar-refractivity contribution in [1.82, 2.24) is 4.90 Å². The summed E-state index contributed by atoms with van der Waals surface area (Å²) in [6.45, 7) is 9.77. The van der Waals surface area contributed by atoms with Crippen molar-refractivity contribution < 1.29 is 9.84 Å². The van der Waals surface area contributed by atoms with Crippen LogP contribution in [0.2, 0.25) is 0 Å². The third-order valence-electron chi connectivity index (χ3n) is 5.61. The van der Waals surface area contributed by atoms with Crippen molar-refractivity contribution in [3.05, 3.63) is 58.7 Å². The molecule has 2 aromatic carbocycles. The maximum absolute atomic E-state index is 10.7. The minimum atomic E-state index is -0.437. The number of hydrogen-bond acceptors (Lipinski definition) is 4. The maximum Gasteiger partial charge on any atom is 0.122 e. The number of piperazine rings is 1. The first-order valence-corrected chi connectivity index (χ1v) is 9.58. The van der Waals surface area contributed by atoms with E-state index in [0.29, 0.717) is 6.54 Å². The van der Waals surface area contributed by atoms with Gasteiger partial charge >= 0.3 is 0 Å². The zero-order valence-corrected chi connectivity index (χ0v) is 15.7. The second-order valence-electron chi connectivity index (χ2n) is 7.56. The van der Waals surface area contributed by atoms with Gasteiger partial charge in [0.2, 0.25) is 0 Å². The van der Waals surface area contributed by atoms with Gasteiger partial charge in [-0.05, 0) is 54.3 Å². The van der Waals surface area contributed by atoms with Crippen LogP contribution in [0.5, 0.6) is 5.75 Å². The van der Waals surface area contributed by atoms with Crippen molar-refractivity contribution in [3.8, 4) is 5.75 Å². The first-order chi connectivity index (χ1) is 12.6. The number of β-amino-alcohol motifs (C(OH)–C–C–N with tert-alkyl or cyclic N) is 1. The zero-order chi connectivity index (χ0) is 18.1. The Morgan fingerprint density at radius 2 is 1.85 bits per heavy atom. The Kier molecular flexibility index (Phi) is 4.88. The molecule has 0 bridgehead atoms. The molecule has 0 amide bonds. The highest BCUT2D eigenvalue weighted by atomic mass is 16.5. The van der Waals surface area contributed by atoms with Crippen molar-refractivity contribution in [2.24, 2.45) is 0 Å². The number of aliphatic hydroxyl groups excluding tert-OH is 1. The number of anilines is 1. The summed E-state index contributed by atoms with van der Waals surface area (Å²) in [5, 5.41) is 10.7. The molecule has 1 fully saturated rings. The van der Waals surface area contributed by atoms with Gasteiger partial charge in [-0.1, -0.05) is 18.2 Å². The normalized spacial score (nSPS) is 18.5. The molecule has 1 atom stereocenters. The van der Waals surface area contributed by atoms with Crippen molar-refractivity contribution >= 4 is 5.69 Å². The minimum absolute atomic E-state index is 0.437. The zero-order valence-electron chi connectivity index (χ0n) is 15.7. The Labute approximate surface area is 156 Å². The van der Waals surface area contributed by atoms with E-state index in [4.69, 9.17) is 4.74 Å². The summed E-state index contributed by atoms with van der Waals surface area (Å²) in [5.41, 5.74) is 6.23. The van der Waals surface area contributed by atoms with Crippen LogP contribution in [0.3, 0.4) is 0 Å². The van der Waals surface area contributed by atoms with Crippen LogP contribution in [0.25, 0.3) is 0 Å². The molecule has 2 aromatic rings. The lowest BCUT2D eigenvalue weighted by Gasteiger charge is -2.37. The molecule has 4 nitrogen and oxygen atoms in total. The monoisotopic (exact) mass is 352 g/mol. The highest BCUT2D eigenvalue weighted by molar-refractivity contribution is 5.55. The molecular weight excluding hydrogens is 324 g/mol. The van der Waals surface area contributed by atoms with E-state index >= 15 is 0 Å². The van der Waals surface area contributed by atoms with E-state index < -0.39 is 6.10 Å². The van der Waals surface area contributed by atoms with Crippen LogP contribution in [-0.4, -0.2) is 49.3 Å². The van der Waals surface area contributed by atoms with E-state index in [2.05, 4.69) is 47.9 Å². The average Bonchev–Trinajstić information content (AvgIpc) is 3.12. The highest BCUT2D eigenvalue weighted by Gasteiger charge is 2.22. The standard InChI is InChI=1S/C22H28N2O2/c1-16-3-4-17(2)20(13-16)24-10-8-23(9-11-24)15-21(25)18-5-6-22-19(14-18)7-12-26-22/h3-6,13-14,21,25H,7-12,15H2,1-2H3/t21-/m0/s1. The number of fused-ring (bicyclic) bond motifs is 1. The van der Waals surface area contributed by atoms with Crippen LogP contribution in [-0.2, 0) is 6.42 Å². The summed E-state index contributed by atoms with van der Waals surface area (Å²) < 4.78 is 5.56. The van der Waals surface area contributed by atoms with Crippen molar-refractivity contribution in [1.29, 1.82) is 0 Å². The van der Waals surface area contributed by atoms with Gasteiger partial charge in [0.15, 0.2) is 0 Å². The highest BCUT2D eigenvalue weighted by Crippen LogP contribution is 2.29. The number of benzene rings is 2. The smallest absolute Gasteiger partial charge is 0.122 e. The van der Waals surface area contributed by atoms with Gasteiger partial charge in [-0.25, -0.2) is 0 Å². The van der Waals surface area contributed by atoms with Gasteiger partial charge in [-0.3, -0.25) is 4.90 Å². The fourth-order valence-electron chi connectivity index (χ4n) is 4.00. The lowest BCUT2D eigenvalue weighted by molar-refractivity contribution is 0.109. The van der Waals surface area contributed by atoms with Crippen LogP contribution in [0.1, 0.15) is 28.4 Å². The van der Waals surface area contributed by atoms with E-state index in [-0.39, 0.29) is 0 Å². The quantitative estimate of drug-likeness (QED) is 0.917. The Balaban J connectivity index is 1.35. The van der Waals surface area contributed by atoms with E-state index in [1.165, 1.54) is 22.4 Å². The predicted octanol–water partition coefficient (Wildman–Crippen LogP) is 3.09. The van der Waals surface area contributed by atoms with E-state index in [9.17, 15) is 5.11 Å². The minimum Gasteiger partial charge on any atom is -0.493 e. The second-order valence-corrected chi connectivity index (χ2v) is 7.56. The average molecular weight is 352 g/mol. The lowest BCUT2D eigenvalue weighted by Crippen LogP contribution is -2.47. The molecule has 1 saturated heterocycles. The predicted molar refractivity (Wildman–Crippen MR) is 105 cm³/mol. The molecule has 26 heavy (non-hydrogen) atoms. The van der Waals surface area contributed by atoms with E-state index in [0.717, 1.165) is 50.5 Å². The molecule has 2 aliphatic rings. The summed E-state index contributed by atoms with van der Waals surface area (Å²) in [4.78, 5) is 4.84. The number of aliphatic hydroxyl groups is 1. The van der Waals surface area contributed by atoms with Crippen LogP contribution < -0.4 is 9.64 Å². The number of ether oxygens (including phenoxy) is 1. The Morgan fingerprint density at radius 3 is 2.65 bits per heavy atom. The van der Waals surface area contributed by atoms with Crippen LogP contribution in [0, 0.1) is 13.8 Å². The Hall–Kier alpha value is -2.04. The molecule has 4 rings (SSSR count). The fourth-order valence-corrected chi connectivity index (χ4v) is 4.00. The van der Waals surface area contributed by atoms with Crippen molar-refractivity contribution in [2.45, 2.75) is 26.4 Å². The van der Waals surface area contributed by atoms with Gasteiger partial charge in [0.25, 0.3) is 0 Å². The van der Waals surface area contributed by atoms with Crippen molar-refractivity contribution in [2.75, 3.05) is 44.2 Å². The molecule has 0 saturated carbocycles. The maximum atomic E-state index is 10.7. The van der Waals surface area contributed by atoms with E-state index in [1.807, 2.05) is 12.1 Å². The lowest BCUT2D eigenvalue weighted by atomic mass is 10.0. The SMILES string of the molecule is Cc1ccc(C)c(N2CCN(C[C@H](O)c3ccc4c(c3)CCO4)CC2)c1. The summed E-state index contributed by atoms with van der Waals surface area (Å²) >= 11 is 0. The molecule has 2 aliphatic heterocycles. The van der Waals surface area contributed by atoms with Crippen LogP contribution >= 0.6 is 0 Å². The van der Waals surface area contributed by atoms with Gasteiger partial charge in [-0.2, -0.15) is 0 Å². The van der Waals surface area contributed by atoms with Gasteiger partial charge < -0.3 is 14.7 Å². The summed E-state index contributed by atoms with van der Waals surface area (Å²) in [5.74, 6) is 0.975. The largest absolute Gasteiger partial charge is 0.493 e. The summed E-state index contributed by atoms with van der Waals surface area (Å²) in [7, 11) is 0. The number of aryl methyl sites for hydroxylation is 2. The summed E-state index contributed by atoms with van der Waals surface area (Å²) in [6, 6.07) is 12.8. The molecule has 0 unspecified atom stereocenters. The van der Waals surface area contributed by atoms with Gasteiger partial charge in [0.05, 0.1) is 12.7 Å². The first-order valence-electron chi connectivity index (χ1n) is 9.58. The van der Waals surface area contributed by atoms with Gasteiger partial charge in [0.1, 0.15) is 5.75 Å². The number of rotatable bonds is 4. The molecule has 0 aliphatic carbocycles. The Morgan fingerprint density at radius 1 is 1.04 bits per heavy atom. The van der Waals surface area contributed by atoms with E-state index in [1.54, 1.807) is 0 Å². The Bertz CT molecular complexity index is 782. The molecule has 2 heterocycles. The molecule has 0 aromatic heterocycles. The van der Waals surface area contributed by atoms with Crippen molar-refractivity contribution in [3.63, 3.8) is 0 Å². The molecule has 1 N–H and O–H groups in total. The molecule has 0 spiro atoms. The second kappa shape index (κ2) is 7.29. The molecule has 4 heteroatoms. The molecular formula is C22H28N2O2.